The molecule has 0 bridgehead atoms. The summed E-state index contributed by atoms with van der Waals surface area (Å²) < 4.78 is 32.1. The summed E-state index contributed by atoms with van der Waals surface area (Å²) in [5.41, 5.74) is -1.05. The highest BCUT2D eigenvalue weighted by Gasteiger charge is 2.50. The van der Waals surface area contributed by atoms with Crippen molar-refractivity contribution >= 4 is 16.6 Å². The molecule has 0 fully saturated rings. The SMILES string of the molecule is COCC1(COC)Oc2ccc(F)cc2[C@H](Nc2nn(C)c(=O)c3ccccc23)[C@H]1O. The van der Waals surface area contributed by atoms with Crippen molar-refractivity contribution in [2.45, 2.75) is 17.7 Å². The van der Waals surface area contributed by atoms with E-state index in [2.05, 4.69) is 10.4 Å². The van der Waals surface area contributed by atoms with E-state index in [1.54, 1.807) is 31.3 Å². The van der Waals surface area contributed by atoms with Crippen molar-refractivity contribution in [2.75, 3.05) is 32.8 Å². The van der Waals surface area contributed by atoms with Crippen molar-refractivity contribution in [3.63, 3.8) is 0 Å². The van der Waals surface area contributed by atoms with E-state index in [-0.39, 0.29) is 18.8 Å². The number of methoxy groups -OCH3 is 2. The van der Waals surface area contributed by atoms with Crippen LogP contribution in [0.1, 0.15) is 11.6 Å². The van der Waals surface area contributed by atoms with Crippen LogP contribution in [-0.4, -0.2) is 54.0 Å². The fourth-order valence-electron chi connectivity index (χ4n) is 4.08. The minimum absolute atomic E-state index is 0.0401. The Balaban J connectivity index is 1.87. The van der Waals surface area contributed by atoms with E-state index in [1.165, 1.54) is 37.1 Å². The molecule has 9 heteroatoms. The molecule has 1 aromatic heterocycles. The number of aryl methyl sites for hydroxylation is 1. The zero-order valence-corrected chi connectivity index (χ0v) is 17.5. The normalized spacial score (nSPS) is 19.6. The monoisotopic (exact) mass is 429 g/mol. The summed E-state index contributed by atoms with van der Waals surface area (Å²) in [5, 5.41) is 20.0. The second-order valence-corrected chi connectivity index (χ2v) is 7.60. The first-order chi connectivity index (χ1) is 14.9. The van der Waals surface area contributed by atoms with Gasteiger partial charge < -0.3 is 24.6 Å². The molecule has 2 N–H and O–H groups in total. The predicted molar refractivity (Wildman–Crippen MR) is 113 cm³/mol. The second kappa shape index (κ2) is 8.26. The Kier molecular flexibility index (Phi) is 5.65. The fraction of sp³-hybridized carbons (Fsp3) is 0.364. The van der Waals surface area contributed by atoms with Gasteiger partial charge in [0.15, 0.2) is 11.4 Å². The van der Waals surface area contributed by atoms with Gasteiger partial charge in [-0.15, -0.1) is 0 Å². The van der Waals surface area contributed by atoms with Gasteiger partial charge in [-0.1, -0.05) is 18.2 Å². The minimum Gasteiger partial charge on any atom is -0.479 e. The number of fused-ring (bicyclic) bond motifs is 2. The van der Waals surface area contributed by atoms with E-state index in [4.69, 9.17) is 14.2 Å². The number of aromatic nitrogens is 2. The molecular formula is C22H24FN3O5. The minimum atomic E-state index is -1.23. The number of nitrogens with zero attached hydrogens (tertiary/aromatic N) is 2. The summed E-state index contributed by atoms with van der Waals surface area (Å²) in [6, 6.07) is 10.3. The summed E-state index contributed by atoms with van der Waals surface area (Å²) in [6.45, 7) is 0.0803. The van der Waals surface area contributed by atoms with E-state index < -0.39 is 23.6 Å². The maximum atomic E-state index is 14.1. The van der Waals surface area contributed by atoms with Gasteiger partial charge in [0.1, 0.15) is 17.7 Å². The molecule has 0 amide bonds. The average molecular weight is 429 g/mol. The molecule has 0 unspecified atom stereocenters. The molecule has 0 saturated heterocycles. The Morgan fingerprint density at radius 1 is 1.19 bits per heavy atom. The molecule has 0 radical (unpaired) electrons. The van der Waals surface area contributed by atoms with Crippen LogP contribution in [0.3, 0.4) is 0 Å². The Hall–Kier alpha value is -3.01. The molecule has 0 aliphatic carbocycles. The van der Waals surface area contributed by atoms with Gasteiger partial charge in [0.05, 0.1) is 24.6 Å². The average Bonchev–Trinajstić information content (AvgIpc) is 2.76. The molecule has 4 rings (SSSR count). The predicted octanol–water partition coefficient (Wildman–Crippen LogP) is 2.01. The number of nitrogens with one attached hydrogen (secondary N) is 1. The smallest absolute Gasteiger partial charge is 0.274 e. The number of ether oxygens (including phenoxy) is 3. The fourth-order valence-corrected chi connectivity index (χ4v) is 4.08. The molecule has 164 valence electrons. The number of anilines is 1. The molecule has 1 aliphatic heterocycles. The quantitative estimate of drug-likeness (QED) is 0.619. The van der Waals surface area contributed by atoms with Crippen LogP contribution < -0.4 is 15.6 Å². The number of benzene rings is 2. The molecule has 2 aromatic carbocycles. The molecule has 1 aliphatic rings. The third-order valence-corrected chi connectivity index (χ3v) is 5.50. The van der Waals surface area contributed by atoms with E-state index in [0.29, 0.717) is 27.9 Å². The molecule has 0 saturated carbocycles. The standard InChI is InChI=1S/C22H24FN3O5/c1-26-21(28)15-7-5-4-6-14(15)20(25-26)24-18-16-10-13(23)8-9-17(16)31-22(11-29-2,12-30-3)19(18)27/h4-10,18-19,27H,11-12H2,1-3H3,(H,24,25)/t18-,19+/m0/s1. The number of hydrogen-bond acceptors (Lipinski definition) is 7. The number of rotatable bonds is 6. The van der Waals surface area contributed by atoms with Crippen molar-refractivity contribution < 1.29 is 23.7 Å². The highest BCUT2D eigenvalue weighted by atomic mass is 19.1. The van der Waals surface area contributed by atoms with Crippen LogP contribution in [0.4, 0.5) is 10.2 Å². The van der Waals surface area contributed by atoms with Crippen LogP contribution in [0.2, 0.25) is 0 Å². The van der Waals surface area contributed by atoms with Gasteiger partial charge in [0, 0.05) is 32.2 Å². The van der Waals surface area contributed by atoms with E-state index in [9.17, 15) is 14.3 Å². The van der Waals surface area contributed by atoms with Crippen LogP contribution >= 0.6 is 0 Å². The zero-order valence-electron chi connectivity index (χ0n) is 17.5. The van der Waals surface area contributed by atoms with Crippen LogP contribution in [0.5, 0.6) is 5.75 Å². The molecule has 31 heavy (non-hydrogen) atoms. The highest BCUT2D eigenvalue weighted by Crippen LogP contribution is 2.42. The second-order valence-electron chi connectivity index (χ2n) is 7.60. The van der Waals surface area contributed by atoms with Crippen molar-refractivity contribution in [3.8, 4) is 5.75 Å². The maximum Gasteiger partial charge on any atom is 0.274 e. The largest absolute Gasteiger partial charge is 0.479 e. The third-order valence-electron chi connectivity index (χ3n) is 5.50. The molecular weight excluding hydrogens is 405 g/mol. The Bertz CT molecular complexity index is 1160. The number of aliphatic hydroxyl groups is 1. The Labute approximate surface area is 178 Å². The van der Waals surface area contributed by atoms with Crippen LogP contribution in [0.15, 0.2) is 47.3 Å². The lowest BCUT2D eigenvalue weighted by Crippen LogP contribution is -2.60. The van der Waals surface area contributed by atoms with Crippen molar-refractivity contribution in [1.82, 2.24) is 9.78 Å². The van der Waals surface area contributed by atoms with Gasteiger partial charge in [-0.3, -0.25) is 4.79 Å². The number of aliphatic hydroxyl groups excluding tert-OH is 1. The molecule has 2 heterocycles. The number of halogens is 1. The van der Waals surface area contributed by atoms with Gasteiger partial charge in [-0.05, 0) is 24.3 Å². The summed E-state index contributed by atoms with van der Waals surface area (Å²) >= 11 is 0. The summed E-state index contributed by atoms with van der Waals surface area (Å²) in [5.74, 6) is 0.306. The van der Waals surface area contributed by atoms with E-state index >= 15 is 0 Å². The maximum absolute atomic E-state index is 14.1. The molecule has 3 aromatic rings. The van der Waals surface area contributed by atoms with Gasteiger partial charge in [-0.2, -0.15) is 5.10 Å². The summed E-state index contributed by atoms with van der Waals surface area (Å²) in [6.07, 6.45) is -1.18. The first-order valence-corrected chi connectivity index (χ1v) is 9.77. The first kappa shape index (κ1) is 21.2. The molecule has 0 spiro atoms. The van der Waals surface area contributed by atoms with Crippen LogP contribution in [0.25, 0.3) is 10.8 Å². The Morgan fingerprint density at radius 3 is 2.55 bits per heavy atom. The van der Waals surface area contributed by atoms with Gasteiger partial charge in [-0.25, -0.2) is 9.07 Å². The lowest BCUT2D eigenvalue weighted by atomic mass is 9.84. The lowest BCUT2D eigenvalue weighted by molar-refractivity contribution is -0.142. The zero-order chi connectivity index (χ0) is 22.2. The molecule has 2 atom stereocenters. The summed E-state index contributed by atoms with van der Waals surface area (Å²) in [7, 11) is 4.55. The van der Waals surface area contributed by atoms with Crippen molar-refractivity contribution in [2.24, 2.45) is 7.05 Å². The number of hydrogen-bond donors (Lipinski definition) is 2. The van der Waals surface area contributed by atoms with E-state index in [1.807, 2.05) is 0 Å². The van der Waals surface area contributed by atoms with Crippen LogP contribution in [0, 0.1) is 5.82 Å². The Morgan fingerprint density at radius 2 is 1.87 bits per heavy atom. The third kappa shape index (κ3) is 3.65. The highest BCUT2D eigenvalue weighted by molar-refractivity contribution is 5.91. The first-order valence-electron chi connectivity index (χ1n) is 9.77. The van der Waals surface area contributed by atoms with E-state index in [0.717, 1.165) is 0 Å². The topological polar surface area (TPSA) is 94.8 Å². The summed E-state index contributed by atoms with van der Waals surface area (Å²) in [4.78, 5) is 12.5. The lowest BCUT2D eigenvalue weighted by Gasteiger charge is -2.45. The van der Waals surface area contributed by atoms with Gasteiger partial charge >= 0.3 is 0 Å². The van der Waals surface area contributed by atoms with Crippen molar-refractivity contribution in [3.05, 3.63) is 64.2 Å². The van der Waals surface area contributed by atoms with Gasteiger partial charge in [0.2, 0.25) is 0 Å². The van der Waals surface area contributed by atoms with Gasteiger partial charge in [0.25, 0.3) is 5.56 Å². The van der Waals surface area contributed by atoms with Crippen LogP contribution in [-0.2, 0) is 16.5 Å². The molecule has 8 nitrogen and oxygen atoms in total. The van der Waals surface area contributed by atoms with Crippen molar-refractivity contribution in [1.29, 1.82) is 0 Å².